The van der Waals surface area contributed by atoms with Gasteiger partial charge in [-0.05, 0) is 58.4 Å². The molecule has 10 nitrogen and oxygen atoms in total. The molecule has 0 aliphatic heterocycles. The number of aliphatic hydroxyl groups excluding tert-OH is 1. The predicted molar refractivity (Wildman–Crippen MR) is 146 cm³/mol. The number of carbonyl (C=O) groups is 1. The highest BCUT2D eigenvalue weighted by Gasteiger charge is 2.29. The molecule has 0 aliphatic rings. The monoisotopic (exact) mass is 528 g/mol. The van der Waals surface area contributed by atoms with Crippen molar-refractivity contribution in [2.24, 2.45) is 7.05 Å². The van der Waals surface area contributed by atoms with E-state index in [9.17, 15) is 14.7 Å². The summed E-state index contributed by atoms with van der Waals surface area (Å²) in [6, 6.07) is 6.63. The van der Waals surface area contributed by atoms with Crippen LogP contribution < -0.4 is 10.9 Å². The number of aryl methyl sites for hydroxylation is 2. The van der Waals surface area contributed by atoms with Crippen LogP contribution in [0.1, 0.15) is 44.9 Å². The molecule has 0 bridgehead atoms. The highest BCUT2D eigenvalue weighted by Crippen LogP contribution is 2.30. The van der Waals surface area contributed by atoms with Crippen molar-refractivity contribution in [2.75, 3.05) is 27.4 Å². The van der Waals surface area contributed by atoms with Crippen molar-refractivity contribution in [3.05, 3.63) is 51.9 Å². The molecule has 3 aromatic rings. The van der Waals surface area contributed by atoms with Crippen LogP contribution in [0.3, 0.4) is 0 Å². The van der Waals surface area contributed by atoms with E-state index in [4.69, 9.17) is 19.2 Å². The predicted octanol–water partition coefficient (Wildman–Crippen LogP) is 2.73. The van der Waals surface area contributed by atoms with Crippen LogP contribution in [0.25, 0.3) is 22.4 Å². The van der Waals surface area contributed by atoms with Crippen molar-refractivity contribution in [2.45, 2.75) is 65.0 Å². The molecule has 3 rings (SSSR count). The van der Waals surface area contributed by atoms with E-state index in [0.29, 0.717) is 31.1 Å². The van der Waals surface area contributed by atoms with Gasteiger partial charge in [-0.1, -0.05) is 6.07 Å². The molecule has 2 unspecified atom stereocenters. The van der Waals surface area contributed by atoms with Crippen molar-refractivity contribution in [3.8, 4) is 11.4 Å². The lowest BCUT2D eigenvalue weighted by molar-refractivity contribution is -0.160. The molecule has 0 amide bonds. The minimum atomic E-state index is -0.938. The molecule has 38 heavy (non-hydrogen) atoms. The molecule has 0 aliphatic carbocycles. The number of methoxy groups -OCH3 is 2. The van der Waals surface area contributed by atoms with Crippen LogP contribution in [0, 0.1) is 6.92 Å². The van der Waals surface area contributed by atoms with Gasteiger partial charge < -0.3 is 28.5 Å². The van der Waals surface area contributed by atoms with E-state index in [2.05, 4.69) is 9.88 Å². The van der Waals surface area contributed by atoms with Crippen LogP contribution in [0.4, 0.5) is 0 Å². The van der Waals surface area contributed by atoms with Gasteiger partial charge in [-0.25, -0.2) is 4.98 Å². The number of ether oxygens (including phenoxy) is 3. The zero-order valence-electron chi connectivity index (χ0n) is 23.6. The summed E-state index contributed by atoms with van der Waals surface area (Å²) in [5.41, 5.74) is 3.22. The molecule has 0 spiro atoms. The fourth-order valence-electron chi connectivity index (χ4n) is 4.45. The number of hydrogen-bond acceptors (Lipinski definition) is 8. The SMILES string of the molecule is COCC(COC)n1c(-c2cc(C)c(=O)n(C)c2)nc2ccc(CNC(C(=O)OC(C)(C)C)C(C)O)cc21. The number of hydrogen-bond donors (Lipinski definition) is 2. The average molecular weight is 529 g/mol. The quantitative estimate of drug-likeness (QED) is 0.365. The lowest BCUT2D eigenvalue weighted by Gasteiger charge is -2.26. The third-order valence-corrected chi connectivity index (χ3v) is 6.13. The van der Waals surface area contributed by atoms with Gasteiger partial charge in [-0.3, -0.25) is 14.9 Å². The number of aliphatic hydroxyl groups is 1. The zero-order valence-corrected chi connectivity index (χ0v) is 23.6. The van der Waals surface area contributed by atoms with Gasteiger partial charge in [0.05, 0.1) is 36.4 Å². The minimum absolute atomic E-state index is 0.0623. The second-order valence-electron chi connectivity index (χ2n) is 10.7. The largest absolute Gasteiger partial charge is 0.459 e. The highest BCUT2D eigenvalue weighted by atomic mass is 16.6. The van der Waals surface area contributed by atoms with Gasteiger partial charge in [0, 0.05) is 45.1 Å². The third kappa shape index (κ3) is 6.87. The van der Waals surface area contributed by atoms with E-state index in [1.165, 1.54) is 0 Å². The smallest absolute Gasteiger partial charge is 0.326 e. The summed E-state index contributed by atoms with van der Waals surface area (Å²) in [5, 5.41) is 13.4. The number of benzene rings is 1. The Bertz CT molecular complexity index is 1290. The lowest BCUT2D eigenvalue weighted by Crippen LogP contribution is -2.47. The molecule has 0 fully saturated rings. The fraction of sp³-hybridized carbons (Fsp3) is 0.536. The first-order valence-electron chi connectivity index (χ1n) is 12.7. The number of nitrogens with zero attached hydrogens (tertiary/aromatic N) is 3. The molecule has 0 saturated heterocycles. The van der Waals surface area contributed by atoms with Crippen LogP contribution in [-0.2, 0) is 32.6 Å². The number of esters is 1. The number of nitrogens with one attached hydrogen (secondary N) is 1. The van der Waals surface area contributed by atoms with E-state index < -0.39 is 23.7 Å². The summed E-state index contributed by atoms with van der Waals surface area (Å²) in [5.74, 6) is 0.185. The van der Waals surface area contributed by atoms with Gasteiger partial charge in [0.2, 0.25) is 0 Å². The number of pyridine rings is 1. The molecular formula is C28H40N4O6. The van der Waals surface area contributed by atoms with E-state index in [1.807, 2.05) is 24.3 Å². The molecular weight excluding hydrogens is 488 g/mol. The molecule has 2 atom stereocenters. The van der Waals surface area contributed by atoms with E-state index in [-0.39, 0.29) is 11.6 Å². The maximum Gasteiger partial charge on any atom is 0.326 e. The Morgan fingerprint density at radius 3 is 2.37 bits per heavy atom. The maximum absolute atomic E-state index is 12.6. The van der Waals surface area contributed by atoms with Crippen LogP contribution in [0.15, 0.2) is 35.3 Å². The Morgan fingerprint density at radius 1 is 1.16 bits per heavy atom. The Labute approximate surface area is 223 Å². The molecule has 2 N–H and O–H groups in total. The third-order valence-electron chi connectivity index (χ3n) is 6.13. The number of fused-ring (bicyclic) bond motifs is 1. The van der Waals surface area contributed by atoms with Crippen molar-refractivity contribution >= 4 is 17.0 Å². The summed E-state index contributed by atoms with van der Waals surface area (Å²) in [6.45, 7) is 9.82. The van der Waals surface area contributed by atoms with Crippen molar-refractivity contribution in [3.63, 3.8) is 0 Å². The highest BCUT2D eigenvalue weighted by molar-refractivity contribution is 5.82. The van der Waals surface area contributed by atoms with Gasteiger partial charge in [0.1, 0.15) is 17.5 Å². The summed E-state index contributed by atoms with van der Waals surface area (Å²) in [6.07, 6.45) is 0.840. The second kappa shape index (κ2) is 12.2. The van der Waals surface area contributed by atoms with Crippen molar-refractivity contribution < 1.29 is 24.1 Å². The Morgan fingerprint density at radius 2 is 1.82 bits per heavy atom. The molecule has 2 aromatic heterocycles. The molecule has 208 valence electrons. The first-order valence-corrected chi connectivity index (χ1v) is 12.7. The number of rotatable bonds is 11. The molecule has 0 radical (unpaired) electrons. The standard InChI is InChI=1S/C28H40N4O6/c1-17-11-20(14-31(6)26(17)34)25-30-22-10-9-19(12-23(22)32(25)21(15-36-7)16-37-8)13-29-24(18(2)33)27(35)38-28(3,4)5/h9-12,14,18,21,24,29,33H,13,15-16H2,1-8H3. The van der Waals surface area contributed by atoms with Crippen LogP contribution >= 0.6 is 0 Å². The summed E-state index contributed by atoms with van der Waals surface area (Å²) in [7, 11) is 5.00. The minimum Gasteiger partial charge on any atom is -0.459 e. The first-order chi connectivity index (χ1) is 17.9. The van der Waals surface area contributed by atoms with Crippen LogP contribution in [-0.4, -0.2) is 70.4 Å². The lowest BCUT2D eigenvalue weighted by atomic mass is 10.1. The van der Waals surface area contributed by atoms with E-state index in [0.717, 1.165) is 22.2 Å². The zero-order chi connectivity index (χ0) is 28.2. The maximum atomic E-state index is 12.6. The van der Waals surface area contributed by atoms with Gasteiger partial charge >= 0.3 is 5.97 Å². The van der Waals surface area contributed by atoms with Gasteiger partial charge in [-0.2, -0.15) is 0 Å². The number of aromatic nitrogens is 3. The van der Waals surface area contributed by atoms with E-state index >= 15 is 0 Å². The average Bonchev–Trinajstić information content (AvgIpc) is 3.19. The van der Waals surface area contributed by atoms with Gasteiger partial charge in [-0.15, -0.1) is 0 Å². The summed E-state index contributed by atoms with van der Waals surface area (Å²) < 4.78 is 20.1. The molecule has 0 saturated carbocycles. The fourth-order valence-corrected chi connectivity index (χ4v) is 4.45. The van der Waals surface area contributed by atoms with Crippen LogP contribution in [0.5, 0.6) is 0 Å². The Hall–Kier alpha value is -3.05. The number of imidazole rings is 1. The topological polar surface area (TPSA) is 117 Å². The summed E-state index contributed by atoms with van der Waals surface area (Å²) in [4.78, 5) is 29.9. The Kier molecular flexibility index (Phi) is 9.48. The van der Waals surface area contributed by atoms with Crippen molar-refractivity contribution in [1.29, 1.82) is 0 Å². The molecule has 1 aromatic carbocycles. The second-order valence-corrected chi connectivity index (χ2v) is 10.7. The Balaban J connectivity index is 2.06. The van der Waals surface area contributed by atoms with Crippen molar-refractivity contribution in [1.82, 2.24) is 19.4 Å². The normalized spacial score (nSPS) is 13.7. The van der Waals surface area contributed by atoms with Gasteiger partial charge in [0.15, 0.2) is 0 Å². The summed E-state index contributed by atoms with van der Waals surface area (Å²) >= 11 is 0. The van der Waals surface area contributed by atoms with Crippen LogP contribution in [0.2, 0.25) is 0 Å². The molecule has 10 heteroatoms. The first kappa shape index (κ1) is 29.5. The number of carbonyl (C=O) groups excluding carboxylic acids is 1. The van der Waals surface area contributed by atoms with E-state index in [1.54, 1.807) is 66.6 Å². The molecule has 2 heterocycles. The van der Waals surface area contributed by atoms with Gasteiger partial charge in [0.25, 0.3) is 5.56 Å².